The van der Waals surface area contributed by atoms with Crippen LogP contribution in [0.25, 0.3) is 22.2 Å². The van der Waals surface area contributed by atoms with E-state index in [1.54, 1.807) is 35.8 Å². The molecular weight excluding hydrogens is 534 g/mol. The van der Waals surface area contributed by atoms with Crippen molar-refractivity contribution in [3.8, 4) is 0 Å². The van der Waals surface area contributed by atoms with Crippen molar-refractivity contribution < 1.29 is 23.9 Å². The van der Waals surface area contributed by atoms with Gasteiger partial charge in [-0.15, -0.1) is 0 Å². The molecule has 210 valence electrons. The summed E-state index contributed by atoms with van der Waals surface area (Å²) in [4.78, 5) is 62.7. The van der Waals surface area contributed by atoms with E-state index in [4.69, 9.17) is 14.7 Å². The van der Waals surface area contributed by atoms with Crippen LogP contribution in [0.2, 0.25) is 0 Å². The summed E-state index contributed by atoms with van der Waals surface area (Å²) in [5.41, 5.74) is 3.78. The van der Waals surface area contributed by atoms with Crippen LogP contribution < -0.4 is 5.32 Å². The van der Waals surface area contributed by atoms with E-state index in [9.17, 15) is 19.2 Å². The van der Waals surface area contributed by atoms with E-state index < -0.39 is 5.97 Å². The van der Waals surface area contributed by atoms with Crippen molar-refractivity contribution in [3.63, 3.8) is 0 Å². The molecule has 0 atom stereocenters. The van der Waals surface area contributed by atoms with E-state index >= 15 is 0 Å². The van der Waals surface area contributed by atoms with E-state index in [1.807, 2.05) is 54.6 Å². The zero-order chi connectivity index (χ0) is 29.2. The number of nitrogens with one attached hydrogen (secondary N) is 1. The first-order valence-corrected chi connectivity index (χ1v) is 13.7. The molecule has 10 heteroatoms. The average molecular weight is 562 g/mol. The zero-order valence-electron chi connectivity index (χ0n) is 22.9. The lowest BCUT2D eigenvalue weighted by Crippen LogP contribution is -2.31. The Balaban J connectivity index is 1.32. The number of anilines is 1. The van der Waals surface area contributed by atoms with Crippen LogP contribution in [-0.4, -0.2) is 56.3 Å². The fourth-order valence-corrected chi connectivity index (χ4v) is 5.18. The molecule has 2 aromatic heterocycles. The lowest BCUT2D eigenvalue weighted by Gasteiger charge is -2.15. The molecule has 0 saturated heterocycles. The van der Waals surface area contributed by atoms with Crippen molar-refractivity contribution in [1.29, 1.82) is 0 Å². The topological polar surface area (TPSA) is 123 Å². The number of rotatable bonds is 9. The Morgan fingerprint density at radius 2 is 1.45 bits per heavy atom. The Bertz CT molecular complexity index is 1830. The Kier molecular flexibility index (Phi) is 7.18. The van der Waals surface area contributed by atoms with Crippen LogP contribution in [0.15, 0.2) is 78.9 Å². The van der Waals surface area contributed by atoms with Crippen LogP contribution in [0, 0.1) is 0 Å². The number of carbonyl (C=O) groups excluding carboxylic acids is 4. The third-order valence-electron chi connectivity index (χ3n) is 7.14. The van der Waals surface area contributed by atoms with Crippen molar-refractivity contribution in [1.82, 2.24) is 19.4 Å². The van der Waals surface area contributed by atoms with Crippen LogP contribution in [0.1, 0.15) is 56.4 Å². The molecule has 0 unspecified atom stereocenters. The quantitative estimate of drug-likeness (QED) is 0.202. The number of para-hydroxylation sites is 2. The molecule has 6 rings (SSSR count). The number of nitrogens with zero attached hydrogens (tertiary/aromatic N) is 4. The second-order valence-corrected chi connectivity index (χ2v) is 9.86. The molecule has 1 aliphatic rings. The number of carbonyl (C=O) groups is 4. The number of amides is 3. The third-order valence-corrected chi connectivity index (χ3v) is 7.14. The fraction of sp³-hybridized carbons (Fsp3) is 0.188. The Labute approximate surface area is 240 Å². The smallest absolute Gasteiger partial charge is 0.344 e. The van der Waals surface area contributed by atoms with Crippen molar-refractivity contribution in [3.05, 3.63) is 101 Å². The molecular formula is C32H27N5O5. The first-order valence-electron chi connectivity index (χ1n) is 13.7. The van der Waals surface area contributed by atoms with E-state index in [1.165, 1.54) is 0 Å². The number of esters is 1. The maximum absolute atomic E-state index is 13.3. The standard InChI is InChI=1S/C32H27N5O5/c1-2-42-32(41)26-27-29(34-24-16-9-8-15-23(24)33-27)37(19-20-11-4-3-5-12-20)28(26)35-25(38)17-10-18-36-30(39)21-13-6-7-14-22(21)31(36)40/h3-9,11-16H,2,10,17-19H2,1H3,(H,35,38). The molecule has 1 aliphatic heterocycles. The van der Waals surface area contributed by atoms with Crippen LogP contribution in [0.5, 0.6) is 0 Å². The van der Waals surface area contributed by atoms with E-state index in [2.05, 4.69) is 5.32 Å². The summed E-state index contributed by atoms with van der Waals surface area (Å²) in [6, 6.07) is 23.6. The molecule has 3 heterocycles. The van der Waals surface area contributed by atoms with Crippen molar-refractivity contribution in [2.24, 2.45) is 0 Å². The van der Waals surface area contributed by atoms with Crippen LogP contribution >= 0.6 is 0 Å². The minimum Gasteiger partial charge on any atom is -0.462 e. The molecule has 0 saturated carbocycles. The number of ether oxygens (including phenoxy) is 1. The Morgan fingerprint density at radius 1 is 0.833 bits per heavy atom. The largest absolute Gasteiger partial charge is 0.462 e. The number of hydrogen-bond donors (Lipinski definition) is 1. The van der Waals surface area contributed by atoms with Crippen LogP contribution in [0.4, 0.5) is 5.82 Å². The summed E-state index contributed by atoms with van der Waals surface area (Å²) in [6.45, 7) is 2.25. The van der Waals surface area contributed by atoms with Gasteiger partial charge >= 0.3 is 5.97 Å². The van der Waals surface area contributed by atoms with Crippen LogP contribution in [-0.2, 0) is 16.1 Å². The summed E-state index contributed by atoms with van der Waals surface area (Å²) in [6.07, 6.45) is 0.247. The first-order chi connectivity index (χ1) is 20.5. The molecule has 42 heavy (non-hydrogen) atoms. The number of benzene rings is 3. The number of fused-ring (bicyclic) bond motifs is 3. The first kappa shape index (κ1) is 26.8. The molecule has 0 aliphatic carbocycles. The lowest BCUT2D eigenvalue weighted by molar-refractivity contribution is -0.116. The van der Waals surface area contributed by atoms with Crippen molar-refractivity contribution in [2.45, 2.75) is 26.3 Å². The van der Waals surface area contributed by atoms with Gasteiger partial charge in [0.2, 0.25) is 5.91 Å². The van der Waals surface area contributed by atoms with Gasteiger partial charge in [0.1, 0.15) is 16.9 Å². The van der Waals surface area contributed by atoms with E-state index in [-0.39, 0.29) is 55.1 Å². The minimum absolute atomic E-state index is 0.00532. The third kappa shape index (κ3) is 4.87. The summed E-state index contributed by atoms with van der Waals surface area (Å²) in [5.74, 6) is -1.52. The van der Waals surface area contributed by atoms with Gasteiger partial charge in [-0.25, -0.2) is 14.8 Å². The SMILES string of the molecule is CCOC(=O)c1c(NC(=O)CCCN2C(=O)c3ccccc3C2=O)n(Cc2ccccc2)c2nc3ccccc3nc12. The van der Waals surface area contributed by atoms with Crippen LogP contribution in [0.3, 0.4) is 0 Å². The maximum Gasteiger partial charge on any atom is 0.344 e. The van der Waals surface area contributed by atoms with Gasteiger partial charge in [-0.3, -0.25) is 19.3 Å². The molecule has 1 N–H and O–H groups in total. The average Bonchev–Trinajstić information content (AvgIpc) is 3.42. The molecule has 3 amide bonds. The molecule has 10 nitrogen and oxygen atoms in total. The summed E-state index contributed by atoms with van der Waals surface area (Å²) in [5, 5.41) is 2.90. The molecule has 5 aromatic rings. The summed E-state index contributed by atoms with van der Waals surface area (Å²) in [7, 11) is 0. The van der Waals surface area contributed by atoms with E-state index in [0.29, 0.717) is 39.9 Å². The highest BCUT2D eigenvalue weighted by atomic mass is 16.5. The van der Waals surface area contributed by atoms with Gasteiger partial charge in [-0.2, -0.15) is 0 Å². The van der Waals surface area contributed by atoms with Crippen molar-refractivity contribution in [2.75, 3.05) is 18.5 Å². The predicted octanol–water partition coefficient (Wildman–Crippen LogP) is 4.82. The second kappa shape index (κ2) is 11.2. The summed E-state index contributed by atoms with van der Waals surface area (Å²) >= 11 is 0. The molecule has 0 radical (unpaired) electrons. The number of imide groups is 1. The minimum atomic E-state index is -0.625. The van der Waals surface area contributed by atoms with Gasteiger partial charge in [0.15, 0.2) is 5.65 Å². The Morgan fingerprint density at radius 3 is 2.12 bits per heavy atom. The maximum atomic E-state index is 13.3. The van der Waals surface area contributed by atoms with Gasteiger partial charge in [-0.1, -0.05) is 54.6 Å². The van der Waals surface area contributed by atoms with Gasteiger partial charge < -0.3 is 14.6 Å². The monoisotopic (exact) mass is 561 g/mol. The highest BCUT2D eigenvalue weighted by Crippen LogP contribution is 2.32. The summed E-state index contributed by atoms with van der Waals surface area (Å²) < 4.78 is 7.15. The Hall–Kier alpha value is -5.38. The fourth-order valence-electron chi connectivity index (χ4n) is 5.18. The van der Waals surface area contributed by atoms with Gasteiger partial charge in [0.05, 0.1) is 35.3 Å². The number of aromatic nitrogens is 3. The predicted molar refractivity (Wildman–Crippen MR) is 156 cm³/mol. The number of hydrogen-bond acceptors (Lipinski definition) is 7. The second-order valence-electron chi connectivity index (χ2n) is 9.86. The normalized spacial score (nSPS) is 12.6. The lowest BCUT2D eigenvalue weighted by atomic mass is 10.1. The zero-order valence-corrected chi connectivity index (χ0v) is 22.9. The molecule has 0 spiro atoms. The highest BCUT2D eigenvalue weighted by molar-refractivity contribution is 6.21. The molecule has 0 fully saturated rings. The van der Waals surface area contributed by atoms with Gasteiger partial charge in [-0.05, 0) is 43.2 Å². The van der Waals surface area contributed by atoms with Gasteiger partial charge in [0, 0.05) is 13.0 Å². The van der Waals surface area contributed by atoms with E-state index in [0.717, 1.165) is 10.5 Å². The molecule has 0 bridgehead atoms. The van der Waals surface area contributed by atoms with Gasteiger partial charge in [0.25, 0.3) is 11.8 Å². The highest BCUT2D eigenvalue weighted by Gasteiger charge is 2.35. The molecule has 3 aromatic carbocycles. The van der Waals surface area contributed by atoms with Crippen molar-refractivity contribution >= 4 is 51.7 Å².